The first-order valence-electron chi connectivity index (χ1n) is 9.49. The van der Waals surface area contributed by atoms with E-state index in [0.717, 1.165) is 5.56 Å². The molecular weight excluding hydrogens is 383 g/mol. The van der Waals surface area contributed by atoms with Gasteiger partial charge in [-0.25, -0.2) is 0 Å². The fourth-order valence-corrected chi connectivity index (χ4v) is 6.17. The van der Waals surface area contributed by atoms with Crippen molar-refractivity contribution in [2.75, 3.05) is 6.54 Å². The molecular formula is C23H25N2O3P. The summed E-state index contributed by atoms with van der Waals surface area (Å²) in [7, 11) is -3.26. The molecule has 0 amide bonds. The van der Waals surface area contributed by atoms with Crippen LogP contribution >= 0.6 is 7.29 Å². The molecule has 29 heavy (non-hydrogen) atoms. The Bertz CT molecular complexity index is 949. The van der Waals surface area contributed by atoms with Gasteiger partial charge in [-0.1, -0.05) is 80.6 Å². The third kappa shape index (κ3) is 4.81. The Morgan fingerprint density at radius 3 is 1.69 bits per heavy atom. The number of nitrogens with one attached hydrogen (secondary N) is 1. The minimum absolute atomic E-state index is 0.247. The van der Waals surface area contributed by atoms with E-state index in [1.807, 2.05) is 105 Å². The standard InChI is InChI=1S/C23H25N2O3P/c1-23(2,18-25(26)27)22(19-12-6-3-7-13-19)24-29(28,20-14-8-4-9-15-20)21-16-10-5-11-17-21/h3-17,22H,18H2,1-2H3,(H,24,28). The summed E-state index contributed by atoms with van der Waals surface area (Å²) >= 11 is 0. The molecule has 0 radical (unpaired) electrons. The molecule has 0 fully saturated rings. The molecule has 0 aliphatic carbocycles. The van der Waals surface area contributed by atoms with Gasteiger partial charge in [0.25, 0.3) is 0 Å². The summed E-state index contributed by atoms with van der Waals surface area (Å²) in [6, 6.07) is 27.5. The van der Waals surface area contributed by atoms with Gasteiger partial charge < -0.3 is 0 Å². The van der Waals surface area contributed by atoms with Crippen molar-refractivity contribution >= 4 is 17.9 Å². The Morgan fingerprint density at radius 2 is 1.28 bits per heavy atom. The molecule has 0 saturated carbocycles. The first-order valence-corrected chi connectivity index (χ1v) is 11.2. The normalized spacial score (nSPS) is 13.0. The van der Waals surface area contributed by atoms with E-state index in [0.29, 0.717) is 10.6 Å². The van der Waals surface area contributed by atoms with Crippen molar-refractivity contribution in [2.24, 2.45) is 5.41 Å². The minimum atomic E-state index is -3.26. The Kier molecular flexibility index (Phi) is 6.31. The van der Waals surface area contributed by atoms with Gasteiger partial charge in [0.1, 0.15) is 0 Å². The molecule has 1 atom stereocenters. The van der Waals surface area contributed by atoms with Crippen LogP contribution in [0.5, 0.6) is 0 Å². The van der Waals surface area contributed by atoms with Crippen molar-refractivity contribution in [3.05, 3.63) is 107 Å². The molecule has 3 aromatic rings. The van der Waals surface area contributed by atoms with Crippen LogP contribution in [0.2, 0.25) is 0 Å². The number of nitrogens with zero attached hydrogens (tertiary/aromatic N) is 1. The van der Waals surface area contributed by atoms with E-state index in [2.05, 4.69) is 5.09 Å². The predicted octanol–water partition coefficient (Wildman–Crippen LogP) is 4.55. The quantitative estimate of drug-likeness (QED) is 0.337. The zero-order chi connectivity index (χ0) is 20.9. The monoisotopic (exact) mass is 408 g/mol. The average Bonchev–Trinajstić information content (AvgIpc) is 2.73. The number of benzene rings is 3. The SMILES string of the molecule is CC(C)(C[N+](=O)[O-])C(NP(=O)(c1ccccc1)c1ccccc1)c1ccccc1. The van der Waals surface area contributed by atoms with E-state index in [-0.39, 0.29) is 11.5 Å². The lowest BCUT2D eigenvalue weighted by Crippen LogP contribution is -2.41. The zero-order valence-electron chi connectivity index (χ0n) is 16.6. The first-order chi connectivity index (χ1) is 13.8. The zero-order valence-corrected chi connectivity index (χ0v) is 17.5. The van der Waals surface area contributed by atoms with Crippen LogP contribution in [0.4, 0.5) is 0 Å². The Hall–Kier alpha value is -2.75. The molecule has 3 aromatic carbocycles. The van der Waals surface area contributed by atoms with Gasteiger partial charge in [0.05, 0.1) is 6.04 Å². The maximum absolute atomic E-state index is 14.5. The van der Waals surface area contributed by atoms with Gasteiger partial charge in [0.2, 0.25) is 13.8 Å². The molecule has 0 heterocycles. The summed E-state index contributed by atoms with van der Waals surface area (Å²) in [5.74, 6) is 0. The molecule has 6 heteroatoms. The molecule has 3 rings (SSSR count). The van der Waals surface area contributed by atoms with Gasteiger partial charge in [0, 0.05) is 20.9 Å². The fourth-order valence-electron chi connectivity index (χ4n) is 3.53. The molecule has 0 bridgehead atoms. The van der Waals surface area contributed by atoms with Crippen molar-refractivity contribution in [2.45, 2.75) is 19.9 Å². The summed E-state index contributed by atoms with van der Waals surface area (Å²) < 4.78 is 14.5. The van der Waals surface area contributed by atoms with Crippen LogP contribution in [0.3, 0.4) is 0 Å². The highest BCUT2D eigenvalue weighted by atomic mass is 31.2. The number of nitro groups is 1. The lowest BCUT2D eigenvalue weighted by Gasteiger charge is -2.35. The third-order valence-corrected chi connectivity index (χ3v) is 7.67. The molecule has 1 N–H and O–H groups in total. The van der Waals surface area contributed by atoms with Crippen molar-refractivity contribution in [1.82, 2.24) is 5.09 Å². The lowest BCUT2D eigenvalue weighted by atomic mass is 9.81. The summed E-state index contributed by atoms with van der Waals surface area (Å²) in [5.41, 5.74) is 0.0933. The van der Waals surface area contributed by atoms with Crippen molar-refractivity contribution < 1.29 is 9.49 Å². The Labute approximate surface area is 171 Å². The van der Waals surface area contributed by atoms with Crippen LogP contribution in [0.15, 0.2) is 91.0 Å². The second-order valence-corrected chi connectivity index (χ2v) is 10.2. The Morgan fingerprint density at radius 1 is 0.862 bits per heavy atom. The van der Waals surface area contributed by atoms with E-state index in [1.54, 1.807) is 0 Å². The molecule has 1 unspecified atom stereocenters. The first kappa shape index (κ1) is 21.0. The maximum Gasteiger partial charge on any atom is 0.210 e. The minimum Gasteiger partial charge on any atom is -0.297 e. The van der Waals surface area contributed by atoms with Crippen LogP contribution in [0.1, 0.15) is 25.5 Å². The molecule has 0 aromatic heterocycles. The van der Waals surface area contributed by atoms with E-state index < -0.39 is 18.7 Å². The summed E-state index contributed by atoms with van der Waals surface area (Å²) in [4.78, 5) is 11.1. The summed E-state index contributed by atoms with van der Waals surface area (Å²) in [6.07, 6.45) is 0. The Balaban J connectivity index is 2.14. The third-order valence-electron chi connectivity index (χ3n) is 5.00. The van der Waals surface area contributed by atoms with Crippen LogP contribution < -0.4 is 15.7 Å². The van der Waals surface area contributed by atoms with Crippen LogP contribution in [0.25, 0.3) is 0 Å². The largest absolute Gasteiger partial charge is 0.297 e. The summed E-state index contributed by atoms with van der Waals surface area (Å²) in [6.45, 7) is 3.42. The highest BCUT2D eigenvalue weighted by Gasteiger charge is 2.41. The van der Waals surface area contributed by atoms with Crippen molar-refractivity contribution in [3.8, 4) is 0 Å². The summed E-state index contributed by atoms with van der Waals surface area (Å²) in [5, 5.41) is 16.1. The second kappa shape index (κ2) is 8.73. The van der Waals surface area contributed by atoms with Crippen LogP contribution in [0, 0.1) is 15.5 Å². The maximum atomic E-state index is 14.5. The molecule has 150 valence electrons. The van der Waals surface area contributed by atoms with Gasteiger partial charge >= 0.3 is 0 Å². The van der Waals surface area contributed by atoms with Gasteiger partial charge in [-0.2, -0.15) is 0 Å². The number of hydrogen-bond donors (Lipinski definition) is 1. The van der Waals surface area contributed by atoms with E-state index in [9.17, 15) is 14.7 Å². The molecule has 0 spiro atoms. The van der Waals surface area contributed by atoms with Crippen LogP contribution in [-0.2, 0) is 4.57 Å². The molecule has 0 saturated heterocycles. The van der Waals surface area contributed by atoms with E-state index in [1.165, 1.54) is 0 Å². The molecule has 0 aliphatic heterocycles. The smallest absolute Gasteiger partial charge is 0.210 e. The van der Waals surface area contributed by atoms with Gasteiger partial charge in [0.15, 0.2) is 0 Å². The number of hydrogen-bond acceptors (Lipinski definition) is 3. The fraction of sp³-hybridized carbons (Fsp3) is 0.217. The van der Waals surface area contributed by atoms with Gasteiger partial charge in [-0.15, -0.1) is 0 Å². The van der Waals surface area contributed by atoms with Crippen LogP contribution in [-0.4, -0.2) is 11.5 Å². The van der Waals surface area contributed by atoms with Gasteiger partial charge in [-0.3, -0.25) is 19.8 Å². The van der Waals surface area contributed by atoms with Crippen molar-refractivity contribution in [1.29, 1.82) is 0 Å². The van der Waals surface area contributed by atoms with Gasteiger partial charge in [-0.05, 0) is 29.8 Å². The molecule has 0 aliphatic rings. The predicted molar refractivity (Wildman–Crippen MR) is 118 cm³/mol. The molecule has 5 nitrogen and oxygen atoms in total. The highest BCUT2D eigenvalue weighted by molar-refractivity contribution is 7.76. The van der Waals surface area contributed by atoms with E-state index in [4.69, 9.17) is 0 Å². The average molecular weight is 408 g/mol. The topological polar surface area (TPSA) is 72.2 Å². The highest BCUT2D eigenvalue weighted by Crippen LogP contribution is 2.46. The lowest BCUT2D eigenvalue weighted by molar-refractivity contribution is -0.496. The van der Waals surface area contributed by atoms with Crippen molar-refractivity contribution in [3.63, 3.8) is 0 Å². The second-order valence-electron chi connectivity index (χ2n) is 7.73. The number of rotatable bonds is 8. The van der Waals surface area contributed by atoms with E-state index >= 15 is 0 Å².